The summed E-state index contributed by atoms with van der Waals surface area (Å²) in [4.78, 5) is 12.6. The third-order valence-electron chi connectivity index (χ3n) is 3.92. The molecule has 29 heavy (non-hydrogen) atoms. The highest BCUT2D eigenvalue weighted by Gasteiger charge is 2.23. The molecule has 0 radical (unpaired) electrons. The first-order valence-corrected chi connectivity index (χ1v) is 12.6. The second kappa shape index (κ2) is 9.10. The lowest BCUT2D eigenvalue weighted by molar-refractivity contribution is -0.114. The van der Waals surface area contributed by atoms with Crippen LogP contribution >= 0.6 is 23.1 Å². The van der Waals surface area contributed by atoms with E-state index in [1.165, 1.54) is 11.3 Å². The Hall–Kier alpha value is -2.17. The molecule has 0 saturated heterocycles. The Labute approximate surface area is 178 Å². The van der Waals surface area contributed by atoms with Gasteiger partial charge in [0.2, 0.25) is 21.1 Å². The fourth-order valence-electron chi connectivity index (χ4n) is 2.65. The molecule has 1 heterocycles. The third-order valence-corrected chi connectivity index (χ3v) is 7.44. The number of hydrogen-bond acceptors (Lipinski definition) is 7. The van der Waals surface area contributed by atoms with E-state index in [9.17, 15) is 13.2 Å². The van der Waals surface area contributed by atoms with Gasteiger partial charge in [-0.15, -0.1) is 10.2 Å². The summed E-state index contributed by atoms with van der Waals surface area (Å²) >= 11 is 2.86. The molecule has 3 rings (SSSR count). The number of hydrogen-bond donors (Lipinski definition) is 1. The van der Waals surface area contributed by atoms with E-state index in [2.05, 4.69) is 29.4 Å². The summed E-state index contributed by atoms with van der Waals surface area (Å²) in [6.07, 6.45) is 1.09. The first kappa shape index (κ1) is 21.5. The monoisotopic (exact) mass is 450 g/mol. The van der Waals surface area contributed by atoms with E-state index in [1.54, 1.807) is 23.9 Å². The Morgan fingerprint density at radius 3 is 2.62 bits per heavy atom. The molecule has 0 unspecified atom stereocenters. The Morgan fingerprint density at radius 1 is 1.17 bits per heavy atom. The largest absolute Gasteiger partial charge is 0.299 e. The maximum atomic E-state index is 12.6. The number of carbonyl (C=O) groups is 1. The van der Waals surface area contributed by atoms with Crippen molar-refractivity contribution < 1.29 is 13.2 Å². The minimum atomic E-state index is -3.67. The number of sulfonamides is 1. The number of amides is 1. The first-order valence-electron chi connectivity index (χ1n) is 8.95. The molecule has 1 amide bonds. The van der Waals surface area contributed by atoms with Crippen LogP contribution in [0.1, 0.15) is 13.8 Å². The van der Waals surface area contributed by atoms with E-state index in [-0.39, 0.29) is 6.54 Å². The minimum absolute atomic E-state index is 0.346. The fourth-order valence-corrected chi connectivity index (χ4v) is 5.27. The Morgan fingerprint density at radius 2 is 1.90 bits per heavy atom. The maximum absolute atomic E-state index is 12.6. The van der Waals surface area contributed by atoms with Gasteiger partial charge in [0.1, 0.15) is 6.54 Å². The molecule has 1 N–H and O–H groups in total. The van der Waals surface area contributed by atoms with Crippen molar-refractivity contribution in [1.82, 2.24) is 10.2 Å². The van der Waals surface area contributed by atoms with Crippen molar-refractivity contribution in [3.8, 4) is 0 Å². The summed E-state index contributed by atoms with van der Waals surface area (Å²) in [7, 11) is -3.67. The smallest absolute Gasteiger partial charge is 0.246 e. The summed E-state index contributed by atoms with van der Waals surface area (Å²) in [5.41, 5.74) is 0.464. The minimum Gasteiger partial charge on any atom is -0.299 e. The van der Waals surface area contributed by atoms with E-state index < -0.39 is 15.9 Å². The van der Waals surface area contributed by atoms with Crippen LogP contribution in [0.15, 0.2) is 46.8 Å². The summed E-state index contributed by atoms with van der Waals surface area (Å²) in [6.45, 7) is 3.88. The zero-order valence-electron chi connectivity index (χ0n) is 16.3. The quantitative estimate of drug-likeness (QED) is 0.414. The molecule has 0 spiro atoms. The number of benzene rings is 2. The summed E-state index contributed by atoms with van der Waals surface area (Å²) in [6, 6.07) is 12.8. The zero-order chi connectivity index (χ0) is 21.0. The van der Waals surface area contributed by atoms with Gasteiger partial charge in [0.15, 0.2) is 4.34 Å². The van der Waals surface area contributed by atoms with Crippen LogP contribution in [0.2, 0.25) is 0 Å². The number of nitrogens with zero attached hydrogens (tertiary/aromatic N) is 3. The molecule has 7 nitrogen and oxygen atoms in total. The number of aromatic nitrogens is 2. The zero-order valence-corrected chi connectivity index (χ0v) is 18.8. The number of thioether (sulfide) groups is 1. The second-order valence-corrected chi connectivity index (χ2v) is 11.0. The molecule has 0 aliphatic heterocycles. The lowest BCUT2D eigenvalue weighted by atomic mass is 10.1. The van der Waals surface area contributed by atoms with Crippen molar-refractivity contribution in [2.75, 3.05) is 28.2 Å². The van der Waals surface area contributed by atoms with E-state index in [4.69, 9.17) is 0 Å². The Bertz CT molecular complexity index is 1110. The van der Waals surface area contributed by atoms with Crippen LogP contribution in [-0.4, -0.2) is 43.1 Å². The van der Waals surface area contributed by atoms with Gasteiger partial charge in [-0.05, 0) is 17.4 Å². The van der Waals surface area contributed by atoms with Crippen LogP contribution in [0.4, 0.5) is 10.8 Å². The molecule has 2 aromatic carbocycles. The van der Waals surface area contributed by atoms with Gasteiger partial charge in [0.05, 0.1) is 11.9 Å². The molecule has 0 atom stereocenters. The highest BCUT2D eigenvalue weighted by Crippen LogP contribution is 2.29. The molecular formula is C19H22N4O3S3. The van der Waals surface area contributed by atoms with Crippen molar-refractivity contribution in [3.63, 3.8) is 0 Å². The van der Waals surface area contributed by atoms with Crippen molar-refractivity contribution in [1.29, 1.82) is 0 Å². The van der Waals surface area contributed by atoms with E-state index >= 15 is 0 Å². The van der Waals surface area contributed by atoms with Crippen LogP contribution in [0, 0.1) is 5.92 Å². The highest BCUT2D eigenvalue weighted by atomic mass is 32.2. The maximum Gasteiger partial charge on any atom is 0.246 e. The van der Waals surface area contributed by atoms with Crippen molar-refractivity contribution in [2.45, 2.75) is 18.2 Å². The van der Waals surface area contributed by atoms with E-state index in [1.807, 2.05) is 30.3 Å². The summed E-state index contributed by atoms with van der Waals surface area (Å²) in [5, 5.41) is 12.7. The summed E-state index contributed by atoms with van der Waals surface area (Å²) < 4.78 is 26.7. The van der Waals surface area contributed by atoms with Crippen LogP contribution < -0.4 is 9.62 Å². The SMILES string of the molecule is CC(C)CSc1nnc(NC(=O)CN(c2cccc3ccccc23)S(C)(=O)=O)s1. The van der Waals surface area contributed by atoms with E-state index in [0.717, 1.165) is 31.4 Å². The molecular weight excluding hydrogens is 428 g/mol. The number of nitrogens with one attached hydrogen (secondary N) is 1. The molecule has 10 heteroatoms. The van der Waals surface area contributed by atoms with Gasteiger partial charge in [0.25, 0.3) is 0 Å². The topological polar surface area (TPSA) is 92.3 Å². The normalized spacial score (nSPS) is 11.7. The molecule has 154 valence electrons. The molecule has 3 aromatic rings. The van der Waals surface area contributed by atoms with Crippen LogP contribution in [0.25, 0.3) is 10.8 Å². The fraction of sp³-hybridized carbons (Fsp3) is 0.316. The Kier molecular flexibility index (Phi) is 6.76. The van der Waals surface area contributed by atoms with Gasteiger partial charge >= 0.3 is 0 Å². The average Bonchev–Trinajstić information content (AvgIpc) is 3.10. The lowest BCUT2D eigenvalue weighted by Crippen LogP contribution is -2.37. The lowest BCUT2D eigenvalue weighted by Gasteiger charge is -2.23. The standard InChI is InChI=1S/C19H22N4O3S3/c1-13(2)12-27-19-22-21-18(28-19)20-17(24)11-23(29(3,25)26)16-10-6-8-14-7-4-5-9-15(14)16/h4-10,13H,11-12H2,1-3H3,(H,20,21,24). The number of carbonyl (C=O) groups excluding carboxylic acids is 1. The number of rotatable bonds is 8. The number of anilines is 2. The van der Waals surface area contributed by atoms with Gasteiger partial charge in [-0.1, -0.05) is 73.3 Å². The molecule has 1 aromatic heterocycles. The van der Waals surface area contributed by atoms with Crippen LogP contribution in [0.3, 0.4) is 0 Å². The van der Waals surface area contributed by atoms with Gasteiger partial charge in [-0.2, -0.15) is 0 Å². The second-order valence-electron chi connectivity index (χ2n) is 6.89. The molecule has 0 aliphatic carbocycles. The van der Waals surface area contributed by atoms with Crippen molar-refractivity contribution in [3.05, 3.63) is 42.5 Å². The average molecular weight is 451 g/mol. The van der Waals surface area contributed by atoms with Crippen molar-refractivity contribution in [2.24, 2.45) is 5.92 Å². The highest BCUT2D eigenvalue weighted by molar-refractivity contribution is 8.01. The predicted octanol–water partition coefficient (Wildman–Crippen LogP) is 3.84. The molecule has 0 aliphatic rings. The molecule has 0 bridgehead atoms. The number of fused-ring (bicyclic) bond motifs is 1. The van der Waals surface area contributed by atoms with E-state index in [0.29, 0.717) is 16.7 Å². The van der Waals surface area contributed by atoms with Gasteiger partial charge in [-0.25, -0.2) is 8.42 Å². The van der Waals surface area contributed by atoms with Gasteiger partial charge < -0.3 is 0 Å². The van der Waals surface area contributed by atoms with Gasteiger partial charge in [0, 0.05) is 11.1 Å². The first-order chi connectivity index (χ1) is 13.7. The molecule has 0 saturated carbocycles. The van der Waals surface area contributed by atoms with Crippen LogP contribution in [0.5, 0.6) is 0 Å². The molecule has 0 fully saturated rings. The van der Waals surface area contributed by atoms with Gasteiger partial charge in [-0.3, -0.25) is 14.4 Å². The van der Waals surface area contributed by atoms with Crippen LogP contribution in [-0.2, 0) is 14.8 Å². The van der Waals surface area contributed by atoms with Crippen molar-refractivity contribution >= 4 is 60.6 Å². The third kappa shape index (κ3) is 5.68. The Balaban J connectivity index is 1.78. The predicted molar refractivity (Wildman–Crippen MR) is 120 cm³/mol. The summed E-state index contributed by atoms with van der Waals surface area (Å²) in [5.74, 6) is 0.955.